The molecule has 1 aliphatic heterocycles. The minimum atomic E-state index is -0.291. The average molecular weight is 643 g/mol. The third-order valence-corrected chi connectivity index (χ3v) is 11.4. The first kappa shape index (κ1) is 27.8. The molecule has 0 unspecified atom stereocenters. The van der Waals surface area contributed by atoms with E-state index >= 15 is 0 Å². The highest BCUT2D eigenvalue weighted by molar-refractivity contribution is 6.25. The molecule has 3 heterocycles. The van der Waals surface area contributed by atoms with E-state index in [2.05, 4.69) is 169 Å². The summed E-state index contributed by atoms with van der Waals surface area (Å²) in [6.07, 6.45) is 6.79. The van der Waals surface area contributed by atoms with Crippen molar-refractivity contribution in [3.63, 3.8) is 0 Å². The van der Waals surface area contributed by atoms with Gasteiger partial charge in [0.15, 0.2) is 0 Å². The normalized spacial score (nSPS) is 14.5. The van der Waals surface area contributed by atoms with Gasteiger partial charge >= 0.3 is 0 Å². The maximum absolute atomic E-state index is 6.67. The lowest BCUT2D eigenvalue weighted by molar-refractivity contribution is 0.630. The number of furan rings is 1. The number of para-hydroxylation sites is 2. The molecular formula is C47H34N2O. The second-order valence-electron chi connectivity index (χ2n) is 14.4. The third kappa shape index (κ3) is 3.64. The van der Waals surface area contributed by atoms with Crippen LogP contribution in [0.15, 0.2) is 144 Å². The summed E-state index contributed by atoms with van der Waals surface area (Å²) >= 11 is 0. The first-order chi connectivity index (χ1) is 24.6. The monoisotopic (exact) mass is 642 g/mol. The van der Waals surface area contributed by atoms with E-state index in [0.29, 0.717) is 0 Å². The number of hydrogen-bond acceptors (Lipinski definition) is 2. The van der Waals surface area contributed by atoms with Gasteiger partial charge in [0, 0.05) is 38.2 Å². The molecule has 0 amide bonds. The van der Waals surface area contributed by atoms with Gasteiger partial charge in [-0.2, -0.15) is 0 Å². The quantitative estimate of drug-likeness (QED) is 0.191. The standard InChI is InChI=1S/C47H34N2O/c1-47(2)37-27-31(48(39-22-11-15-29-13-3-5-17-32(29)39)40-23-12-16-30-14-4-6-18-33(30)40)25-26-42(37)49-41-21-9-7-20-35(41)44-45(49)38(47)28-36-34-19-8-10-24-43(34)50-46(36)44/h3,5-13,15-28H,4,14H2,1-2H3. The van der Waals surface area contributed by atoms with Crippen molar-refractivity contribution in [3.05, 3.63) is 162 Å². The number of anilines is 3. The van der Waals surface area contributed by atoms with Gasteiger partial charge in [0.1, 0.15) is 11.2 Å². The molecule has 11 rings (SSSR count). The van der Waals surface area contributed by atoms with Gasteiger partial charge in [0.25, 0.3) is 0 Å². The minimum absolute atomic E-state index is 0.291. The highest BCUT2D eigenvalue weighted by Gasteiger charge is 2.37. The molecule has 0 radical (unpaired) electrons. The van der Waals surface area contributed by atoms with Crippen molar-refractivity contribution < 1.29 is 4.42 Å². The Bertz CT molecular complexity index is 2910. The fourth-order valence-electron chi connectivity index (χ4n) is 9.02. The van der Waals surface area contributed by atoms with Gasteiger partial charge < -0.3 is 13.9 Å². The molecule has 1 aliphatic carbocycles. The predicted molar refractivity (Wildman–Crippen MR) is 210 cm³/mol. The van der Waals surface area contributed by atoms with E-state index in [1.54, 1.807) is 0 Å². The summed E-state index contributed by atoms with van der Waals surface area (Å²) in [5, 5.41) is 7.24. The molecule has 0 N–H and O–H groups in total. The Morgan fingerprint density at radius 2 is 1.42 bits per heavy atom. The minimum Gasteiger partial charge on any atom is -0.455 e. The lowest BCUT2D eigenvalue weighted by Crippen LogP contribution is -2.27. The number of allylic oxidation sites excluding steroid dienone is 1. The maximum Gasteiger partial charge on any atom is 0.145 e. The van der Waals surface area contributed by atoms with Crippen LogP contribution in [0.1, 0.15) is 42.5 Å². The molecule has 7 aromatic carbocycles. The Morgan fingerprint density at radius 1 is 0.660 bits per heavy atom. The second kappa shape index (κ2) is 9.99. The molecule has 0 saturated carbocycles. The Morgan fingerprint density at radius 3 is 2.34 bits per heavy atom. The zero-order valence-electron chi connectivity index (χ0n) is 28.1. The second-order valence-corrected chi connectivity index (χ2v) is 14.4. The fourth-order valence-corrected chi connectivity index (χ4v) is 9.02. The third-order valence-electron chi connectivity index (χ3n) is 11.4. The first-order valence-electron chi connectivity index (χ1n) is 17.7. The Labute approximate surface area is 290 Å². The molecule has 0 fully saturated rings. The van der Waals surface area contributed by atoms with Crippen LogP contribution in [0.5, 0.6) is 0 Å². The van der Waals surface area contributed by atoms with Crippen LogP contribution in [-0.2, 0) is 11.8 Å². The van der Waals surface area contributed by atoms with Gasteiger partial charge in [-0.1, -0.05) is 111 Å². The molecule has 2 aliphatic rings. The lowest BCUT2D eigenvalue weighted by Gasteiger charge is -2.37. The van der Waals surface area contributed by atoms with Crippen LogP contribution in [0.25, 0.3) is 66.3 Å². The molecule has 0 atom stereocenters. The average Bonchev–Trinajstić information content (AvgIpc) is 3.71. The van der Waals surface area contributed by atoms with Gasteiger partial charge in [-0.25, -0.2) is 0 Å². The summed E-state index contributed by atoms with van der Waals surface area (Å²) in [5.74, 6) is 0. The summed E-state index contributed by atoms with van der Waals surface area (Å²) in [5.41, 5.74) is 14.2. The number of fused-ring (bicyclic) bond motifs is 11. The largest absolute Gasteiger partial charge is 0.455 e. The van der Waals surface area contributed by atoms with Crippen molar-refractivity contribution in [2.24, 2.45) is 0 Å². The predicted octanol–water partition coefficient (Wildman–Crippen LogP) is 12.9. The van der Waals surface area contributed by atoms with Crippen LogP contribution in [0.3, 0.4) is 0 Å². The summed E-state index contributed by atoms with van der Waals surface area (Å²) in [6, 6.07) is 49.1. The van der Waals surface area contributed by atoms with Gasteiger partial charge in [-0.05, 0) is 83.4 Å². The zero-order chi connectivity index (χ0) is 33.1. The Balaban J connectivity index is 1.23. The van der Waals surface area contributed by atoms with Crippen LogP contribution >= 0.6 is 0 Å². The van der Waals surface area contributed by atoms with Crippen molar-refractivity contribution in [3.8, 4) is 5.69 Å². The number of hydrogen-bond donors (Lipinski definition) is 0. The van der Waals surface area contributed by atoms with Crippen LogP contribution < -0.4 is 4.90 Å². The van der Waals surface area contributed by atoms with E-state index < -0.39 is 0 Å². The topological polar surface area (TPSA) is 21.3 Å². The van der Waals surface area contributed by atoms with E-state index in [-0.39, 0.29) is 5.41 Å². The number of aryl methyl sites for hydroxylation is 1. The van der Waals surface area contributed by atoms with Crippen LogP contribution in [0.4, 0.5) is 17.1 Å². The van der Waals surface area contributed by atoms with E-state index in [9.17, 15) is 0 Å². The van der Waals surface area contributed by atoms with E-state index in [0.717, 1.165) is 35.1 Å². The number of aromatic nitrogens is 1. The molecule has 50 heavy (non-hydrogen) atoms. The van der Waals surface area contributed by atoms with Crippen LogP contribution in [0.2, 0.25) is 0 Å². The SMILES string of the molecule is CC1(C)c2cc(N(c3cccc4c3C=CCC4)c3cccc4ccccc34)ccc2-n2c3ccccc3c3c4oc5ccccc5c4cc1c32. The van der Waals surface area contributed by atoms with E-state index in [1.807, 2.05) is 0 Å². The number of rotatable bonds is 3. The highest BCUT2D eigenvalue weighted by atomic mass is 16.3. The summed E-state index contributed by atoms with van der Waals surface area (Å²) in [7, 11) is 0. The molecule has 3 nitrogen and oxygen atoms in total. The van der Waals surface area contributed by atoms with Crippen molar-refractivity contribution in [2.75, 3.05) is 4.90 Å². The van der Waals surface area contributed by atoms with Gasteiger partial charge in [-0.3, -0.25) is 0 Å². The Kier molecular flexibility index (Phi) is 5.57. The van der Waals surface area contributed by atoms with E-state index in [1.165, 1.54) is 77.3 Å². The van der Waals surface area contributed by atoms with Crippen molar-refractivity contribution in [1.82, 2.24) is 4.57 Å². The molecule has 9 aromatic rings. The Hall–Kier alpha value is -6.06. The summed E-state index contributed by atoms with van der Waals surface area (Å²) in [4.78, 5) is 2.50. The molecule has 2 aromatic heterocycles. The van der Waals surface area contributed by atoms with Crippen LogP contribution in [0, 0.1) is 0 Å². The highest BCUT2D eigenvalue weighted by Crippen LogP contribution is 2.53. The first-order valence-corrected chi connectivity index (χ1v) is 17.7. The van der Waals surface area contributed by atoms with Crippen molar-refractivity contribution >= 4 is 77.7 Å². The smallest absolute Gasteiger partial charge is 0.145 e. The number of benzene rings is 7. The molecule has 0 saturated heterocycles. The summed E-state index contributed by atoms with van der Waals surface area (Å²) in [6.45, 7) is 4.80. The molecule has 238 valence electrons. The van der Waals surface area contributed by atoms with Gasteiger partial charge in [-0.15, -0.1) is 0 Å². The van der Waals surface area contributed by atoms with Gasteiger partial charge in [0.05, 0.1) is 33.5 Å². The zero-order valence-corrected chi connectivity index (χ0v) is 28.1. The van der Waals surface area contributed by atoms with Crippen molar-refractivity contribution in [1.29, 1.82) is 0 Å². The molecule has 0 spiro atoms. The lowest BCUT2D eigenvalue weighted by atomic mass is 9.74. The fraction of sp³-hybridized carbons (Fsp3) is 0.106. The maximum atomic E-state index is 6.67. The summed E-state index contributed by atoms with van der Waals surface area (Å²) < 4.78 is 9.16. The molecule has 3 heteroatoms. The van der Waals surface area contributed by atoms with E-state index in [4.69, 9.17) is 4.42 Å². The van der Waals surface area contributed by atoms with Crippen molar-refractivity contribution in [2.45, 2.75) is 32.1 Å². The number of nitrogens with zero attached hydrogens (tertiary/aromatic N) is 2. The van der Waals surface area contributed by atoms with Gasteiger partial charge in [0.2, 0.25) is 0 Å². The van der Waals surface area contributed by atoms with Crippen LogP contribution in [-0.4, -0.2) is 4.57 Å². The molecular weight excluding hydrogens is 609 g/mol. The molecule has 0 bridgehead atoms.